The quantitative estimate of drug-likeness (QED) is 0.635. The number of nitrogens with zero attached hydrogens (tertiary/aromatic N) is 2. The first-order chi connectivity index (χ1) is 6.34. The Balaban J connectivity index is 2.70. The van der Waals surface area contributed by atoms with Crippen LogP contribution in [0, 0.1) is 0 Å². The van der Waals surface area contributed by atoms with Crippen molar-refractivity contribution in [1.29, 1.82) is 0 Å². The minimum atomic E-state index is -0.0195. The summed E-state index contributed by atoms with van der Waals surface area (Å²) in [5.41, 5.74) is -0.0195. The second-order valence-corrected chi connectivity index (χ2v) is 5.05. The van der Waals surface area contributed by atoms with E-state index in [-0.39, 0.29) is 11.4 Å². The summed E-state index contributed by atoms with van der Waals surface area (Å²) in [6, 6.07) is 0.573. The van der Waals surface area contributed by atoms with E-state index in [1.807, 2.05) is 4.90 Å². The molecule has 82 valence electrons. The van der Waals surface area contributed by atoms with Crippen molar-refractivity contribution in [2.45, 2.75) is 46.2 Å². The van der Waals surface area contributed by atoms with Crippen molar-refractivity contribution in [3.8, 4) is 0 Å². The number of amides is 1. The molecule has 0 atom stereocenters. The Bertz CT molecular complexity index is 223. The third-order valence-corrected chi connectivity index (χ3v) is 3.04. The second-order valence-electron chi connectivity index (χ2n) is 5.05. The van der Waals surface area contributed by atoms with Gasteiger partial charge in [0, 0.05) is 38.1 Å². The van der Waals surface area contributed by atoms with Gasteiger partial charge < -0.3 is 4.90 Å². The van der Waals surface area contributed by atoms with Crippen LogP contribution in [0.25, 0.3) is 0 Å². The van der Waals surface area contributed by atoms with Crippen molar-refractivity contribution in [3.63, 3.8) is 0 Å². The number of rotatable bonds is 1. The molecule has 0 radical (unpaired) electrons. The Hall–Kier alpha value is -0.570. The summed E-state index contributed by atoms with van der Waals surface area (Å²) in [7, 11) is 0. The van der Waals surface area contributed by atoms with E-state index in [2.05, 4.69) is 32.6 Å². The van der Waals surface area contributed by atoms with Gasteiger partial charge in [0.1, 0.15) is 0 Å². The van der Waals surface area contributed by atoms with Crippen LogP contribution in [0.4, 0.5) is 0 Å². The zero-order chi connectivity index (χ0) is 10.9. The zero-order valence-corrected chi connectivity index (χ0v) is 10.0. The minimum absolute atomic E-state index is 0.0195. The second kappa shape index (κ2) is 3.89. The molecule has 1 rings (SSSR count). The number of hydrogen-bond acceptors (Lipinski definition) is 2. The Kier molecular flexibility index (Phi) is 3.20. The van der Waals surface area contributed by atoms with Crippen LogP contribution in [-0.4, -0.2) is 46.9 Å². The molecule has 1 fully saturated rings. The zero-order valence-electron chi connectivity index (χ0n) is 10.0. The Labute approximate surface area is 87.1 Å². The molecule has 3 nitrogen and oxygen atoms in total. The third-order valence-electron chi connectivity index (χ3n) is 3.04. The third kappa shape index (κ3) is 2.27. The van der Waals surface area contributed by atoms with Gasteiger partial charge in [-0.05, 0) is 27.7 Å². The van der Waals surface area contributed by atoms with Gasteiger partial charge in [0.25, 0.3) is 0 Å². The molecular weight excluding hydrogens is 176 g/mol. The topological polar surface area (TPSA) is 23.6 Å². The maximum absolute atomic E-state index is 11.4. The average molecular weight is 198 g/mol. The molecular formula is C11H22N2O. The lowest BCUT2D eigenvalue weighted by Gasteiger charge is -2.48. The minimum Gasteiger partial charge on any atom is -0.335 e. The van der Waals surface area contributed by atoms with Crippen LogP contribution in [0.15, 0.2) is 0 Å². The fraction of sp³-hybridized carbons (Fsp3) is 0.909. The summed E-state index contributed by atoms with van der Waals surface area (Å²) < 4.78 is 0. The molecule has 14 heavy (non-hydrogen) atoms. The molecule has 1 heterocycles. The van der Waals surface area contributed by atoms with Crippen LogP contribution < -0.4 is 0 Å². The number of carbonyl (C=O) groups is 1. The van der Waals surface area contributed by atoms with Gasteiger partial charge in [-0.1, -0.05) is 0 Å². The van der Waals surface area contributed by atoms with E-state index in [1.54, 1.807) is 6.92 Å². The van der Waals surface area contributed by atoms with Gasteiger partial charge >= 0.3 is 0 Å². The number of hydrogen-bond donors (Lipinski definition) is 0. The summed E-state index contributed by atoms with van der Waals surface area (Å²) in [6.07, 6.45) is 0. The van der Waals surface area contributed by atoms with E-state index in [4.69, 9.17) is 0 Å². The summed E-state index contributed by atoms with van der Waals surface area (Å²) in [6.45, 7) is 13.2. The van der Waals surface area contributed by atoms with Gasteiger partial charge in [-0.15, -0.1) is 0 Å². The first kappa shape index (κ1) is 11.5. The molecule has 0 aromatic heterocycles. The average Bonchev–Trinajstić information content (AvgIpc) is 2.01. The van der Waals surface area contributed by atoms with Gasteiger partial charge in [-0.3, -0.25) is 9.69 Å². The molecule has 1 aliphatic rings. The van der Waals surface area contributed by atoms with Crippen LogP contribution in [0.2, 0.25) is 0 Å². The monoisotopic (exact) mass is 198 g/mol. The van der Waals surface area contributed by atoms with E-state index < -0.39 is 0 Å². The Morgan fingerprint density at radius 1 is 1.29 bits per heavy atom. The van der Waals surface area contributed by atoms with Crippen molar-refractivity contribution < 1.29 is 4.79 Å². The van der Waals surface area contributed by atoms with Gasteiger partial charge in [0.15, 0.2) is 0 Å². The molecule has 1 aliphatic heterocycles. The highest BCUT2D eigenvalue weighted by molar-refractivity contribution is 5.74. The van der Waals surface area contributed by atoms with Gasteiger partial charge in [-0.25, -0.2) is 0 Å². The van der Waals surface area contributed by atoms with Crippen molar-refractivity contribution in [2.24, 2.45) is 0 Å². The van der Waals surface area contributed by atoms with Crippen molar-refractivity contribution in [3.05, 3.63) is 0 Å². The lowest BCUT2D eigenvalue weighted by molar-refractivity contribution is -0.138. The largest absolute Gasteiger partial charge is 0.335 e. The Morgan fingerprint density at radius 2 is 1.86 bits per heavy atom. The van der Waals surface area contributed by atoms with Gasteiger partial charge in [0.2, 0.25) is 5.91 Å². The van der Waals surface area contributed by atoms with Crippen LogP contribution >= 0.6 is 0 Å². The molecule has 0 aromatic carbocycles. The molecule has 1 amide bonds. The first-order valence-electron chi connectivity index (χ1n) is 5.37. The van der Waals surface area contributed by atoms with E-state index >= 15 is 0 Å². The van der Waals surface area contributed by atoms with E-state index in [1.165, 1.54) is 0 Å². The van der Waals surface area contributed by atoms with E-state index in [0.717, 1.165) is 19.6 Å². The highest BCUT2D eigenvalue weighted by Crippen LogP contribution is 2.22. The first-order valence-corrected chi connectivity index (χ1v) is 5.37. The normalized spacial score (nSPS) is 22.9. The summed E-state index contributed by atoms with van der Waals surface area (Å²) in [5.74, 6) is 0.193. The van der Waals surface area contributed by atoms with Crippen molar-refractivity contribution >= 4 is 5.91 Å². The predicted octanol–water partition coefficient (Wildman–Crippen LogP) is 1.34. The maximum atomic E-state index is 11.4. The fourth-order valence-electron chi connectivity index (χ4n) is 2.22. The van der Waals surface area contributed by atoms with Crippen LogP contribution in [0.5, 0.6) is 0 Å². The van der Waals surface area contributed by atoms with Gasteiger partial charge in [-0.2, -0.15) is 0 Å². The fourth-order valence-corrected chi connectivity index (χ4v) is 2.22. The standard InChI is InChI=1S/C11H22N2O/c1-9(2)12-6-7-13(10(3)14)11(4,5)8-12/h9H,6-8H2,1-5H3. The van der Waals surface area contributed by atoms with E-state index in [9.17, 15) is 4.79 Å². The molecule has 0 bridgehead atoms. The predicted molar refractivity (Wildman–Crippen MR) is 58.2 cm³/mol. The van der Waals surface area contributed by atoms with Gasteiger partial charge in [0.05, 0.1) is 0 Å². The molecule has 1 saturated heterocycles. The number of carbonyl (C=O) groups excluding carboxylic acids is 1. The molecule has 3 heteroatoms. The summed E-state index contributed by atoms with van der Waals surface area (Å²) in [5, 5.41) is 0. The highest BCUT2D eigenvalue weighted by Gasteiger charge is 2.35. The summed E-state index contributed by atoms with van der Waals surface area (Å²) in [4.78, 5) is 15.8. The summed E-state index contributed by atoms with van der Waals surface area (Å²) >= 11 is 0. The molecule has 0 aromatic rings. The van der Waals surface area contributed by atoms with Crippen LogP contribution in [0.1, 0.15) is 34.6 Å². The van der Waals surface area contributed by atoms with Crippen molar-refractivity contribution in [1.82, 2.24) is 9.80 Å². The highest BCUT2D eigenvalue weighted by atomic mass is 16.2. The van der Waals surface area contributed by atoms with E-state index in [0.29, 0.717) is 6.04 Å². The van der Waals surface area contributed by atoms with Crippen LogP contribution in [0.3, 0.4) is 0 Å². The Morgan fingerprint density at radius 3 is 2.21 bits per heavy atom. The van der Waals surface area contributed by atoms with Crippen LogP contribution in [-0.2, 0) is 4.79 Å². The number of piperazine rings is 1. The van der Waals surface area contributed by atoms with Crippen molar-refractivity contribution in [2.75, 3.05) is 19.6 Å². The molecule has 0 aliphatic carbocycles. The lowest BCUT2D eigenvalue weighted by atomic mass is 9.98. The molecule has 0 saturated carbocycles. The maximum Gasteiger partial charge on any atom is 0.219 e. The smallest absolute Gasteiger partial charge is 0.219 e. The molecule has 0 unspecified atom stereocenters. The SMILES string of the molecule is CC(=O)N1CCN(C(C)C)CC1(C)C. The lowest BCUT2D eigenvalue weighted by Crippen LogP contribution is -2.61. The molecule has 0 spiro atoms. The molecule has 0 N–H and O–H groups in total.